The van der Waals surface area contributed by atoms with Crippen LogP contribution in [0.5, 0.6) is 0 Å². The highest BCUT2D eigenvalue weighted by atomic mass is 15.2. The van der Waals surface area contributed by atoms with Gasteiger partial charge in [0, 0.05) is 25.0 Å². The van der Waals surface area contributed by atoms with E-state index in [2.05, 4.69) is 41.8 Å². The zero-order valence-electron chi connectivity index (χ0n) is 10.7. The summed E-state index contributed by atoms with van der Waals surface area (Å²) in [4.78, 5) is 4.42. The van der Waals surface area contributed by atoms with Crippen LogP contribution < -0.4 is 5.32 Å². The van der Waals surface area contributed by atoms with Crippen LogP contribution in [0.15, 0.2) is 12.4 Å². The molecule has 0 aliphatic heterocycles. The molecule has 3 heteroatoms. The van der Waals surface area contributed by atoms with Gasteiger partial charge in [-0.1, -0.05) is 27.2 Å². The van der Waals surface area contributed by atoms with Crippen LogP contribution in [-0.4, -0.2) is 15.6 Å². The molecule has 1 aromatic rings. The molecule has 90 valence electrons. The first-order chi connectivity index (χ1) is 7.63. The van der Waals surface area contributed by atoms with Crippen LogP contribution in [0.4, 0.5) is 5.95 Å². The second kappa shape index (κ2) is 4.48. The summed E-state index contributed by atoms with van der Waals surface area (Å²) in [6.07, 6.45) is 9.02. The minimum Gasteiger partial charge on any atom is -0.352 e. The first kappa shape index (κ1) is 11.5. The van der Waals surface area contributed by atoms with E-state index in [1.54, 1.807) is 0 Å². The van der Waals surface area contributed by atoms with Crippen molar-refractivity contribution >= 4 is 5.95 Å². The normalized spacial score (nSPS) is 23.6. The van der Waals surface area contributed by atoms with Crippen LogP contribution in [0.1, 0.15) is 46.5 Å². The molecule has 0 radical (unpaired) electrons. The molecular weight excluding hydrogens is 198 g/mol. The Bertz CT molecular complexity index is 341. The van der Waals surface area contributed by atoms with Gasteiger partial charge in [0.05, 0.1) is 0 Å². The Hall–Kier alpha value is -0.990. The Morgan fingerprint density at radius 1 is 1.56 bits per heavy atom. The Kier molecular flexibility index (Phi) is 3.22. The predicted octanol–water partition coefficient (Wildman–Crippen LogP) is 3.28. The second-order valence-corrected chi connectivity index (χ2v) is 5.52. The van der Waals surface area contributed by atoms with Gasteiger partial charge in [-0.3, -0.25) is 0 Å². The largest absolute Gasteiger partial charge is 0.352 e. The maximum Gasteiger partial charge on any atom is 0.203 e. The van der Waals surface area contributed by atoms with Crippen LogP contribution >= 0.6 is 0 Å². The van der Waals surface area contributed by atoms with Gasteiger partial charge in [0.1, 0.15) is 0 Å². The van der Waals surface area contributed by atoms with Crippen molar-refractivity contribution in [1.82, 2.24) is 9.55 Å². The molecule has 0 saturated heterocycles. The Morgan fingerprint density at radius 3 is 3.00 bits per heavy atom. The van der Waals surface area contributed by atoms with E-state index in [1.165, 1.54) is 19.3 Å². The fraction of sp³-hybridized carbons (Fsp3) is 0.769. The molecule has 1 unspecified atom stereocenters. The molecule has 1 fully saturated rings. The Labute approximate surface area is 98.3 Å². The lowest BCUT2D eigenvalue weighted by Gasteiger charge is -2.28. The van der Waals surface area contributed by atoms with Gasteiger partial charge >= 0.3 is 0 Å². The van der Waals surface area contributed by atoms with E-state index >= 15 is 0 Å². The molecule has 1 aliphatic carbocycles. The molecule has 1 saturated carbocycles. The van der Waals surface area contributed by atoms with Crippen LogP contribution in [0, 0.1) is 5.41 Å². The number of aryl methyl sites for hydroxylation is 1. The van der Waals surface area contributed by atoms with Gasteiger partial charge in [0.25, 0.3) is 0 Å². The van der Waals surface area contributed by atoms with E-state index in [1.807, 2.05) is 6.20 Å². The highest BCUT2D eigenvalue weighted by Crippen LogP contribution is 2.38. The number of hydrogen-bond donors (Lipinski definition) is 1. The van der Waals surface area contributed by atoms with Crippen LogP contribution in [0.25, 0.3) is 0 Å². The summed E-state index contributed by atoms with van der Waals surface area (Å²) in [6.45, 7) is 7.95. The molecule has 1 N–H and O–H groups in total. The second-order valence-electron chi connectivity index (χ2n) is 5.52. The number of anilines is 1. The molecule has 0 bridgehead atoms. The lowest BCUT2D eigenvalue weighted by atomic mass is 9.87. The first-order valence-corrected chi connectivity index (χ1v) is 6.41. The molecule has 3 nitrogen and oxygen atoms in total. The van der Waals surface area contributed by atoms with Crippen molar-refractivity contribution in [3.05, 3.63) is 12.4 Å². The lowest BCUT2D eigenvalue weighted by molar-refractivity contribution is 0.348. The van der Waals surface area contributed by atoms with E-state index in [4.69, 9.17) is 0 Å². The van der Waals surface area contributed by atoms with Crippen LogP contribution in [0.2, 0.25) is 0 Å². The number of hydrogen-bond acceptors (Lipinski definition) is 2. The monoisotopic (exact) mass is 221 g/mol. The standard InChI is InChI=1S/C13H23N3/c1-4-9-16-10-8-14-12(16)15-11-6-5-7-13(11,2)3/h8,10-11H,4-7,9H2,1-3H3,(H,14,15). The number of imidazole rings is 1. The maximum absolute atomic E-state index is 4.42. The fourth-order valence-corrected chi connectivity index (χ4v) is 2.62. The molecule has 1 atom stereocenters. The van der Waals surface area contributed by atoms with E-state index in [0.29, 0.717) is 11.5 Å². The number of aromatic nitrogens is 2. The Morgan fingerprint density at radius 2 is 2.38 bits per heavy atom. The van der Waals surface area contributed by atoms with E-state index in [-0.39, 0.29) is 0 Å². The number of nitrogens with zero attached hydrogens (tertiary/aromatic N) is 2. The summed E-state index contributed by atoms with van der Waals surface area (Å²) in [6, 6.07) is 0.575. The number of nitrogens with one attached hydrogen (secondary N) is 1. The van der Waals surface area contributed by atoms with Crippen molar-refractivity contribution in [1.29, 1.82) is 0 Å². The molecule has 0 aromatic carbocycles. The molecule has 2 rings (SSSR count). The lowest BCUT2D eigenvalue weighted by Crippen LogP contribution is -2.32. The minimum atomic E-state index is 0.406. The molecule has 1 heterocycles. The van der Waals surface area contributed by atoms with Gasteiger partial charge < -0.3 is 9.88 Å². The molecule has 0 amide bonds. The van der Waals surface area contributed by atoms with Crippen LogP contribution in [-0.2, 0) is 6.54 Å². The van der Waals surface area contributed by atoms with Crippen LogP contribution in [0.3, 0.4) is 0 Å². The third-order valence-corrected chi connectivity index (χ3v) is 3.74. The summed E-state index contributed by atoms with van der Waals surface area (Å²) >= 11 is 0. The zero-order chi connectivity index (χ0) is 11.6. The highest BCUT2D eigenvalue weighted by molar-refractivity contribution is 5.29. The third-order valence-electron chi connectivity index (χ3n) is 3.74. The predicted molar refractivity (Wildman–Crippen MR) is 67.6 cm³/mol. The molecule has 1 aliphatic rings. The summed E-state index contributed by atoms with van der Waals surface area (Å²) in [5.74, 6) is 1.04. The quantitative estimate of drug-likeness (QED) is 0.845. The SMILES string of the molecule is CCCn1ccnc1NC1CCCC1(C)C. The van der Waals surface area contributed by atoms with Crippen molar-refractivity contribution in [2.45, 2.75) is 59.0 Å². The summed E-state index contributed by atoms with van der Waals surface area (Å²) < 4.78 is 2.22. The smallest absolute Gasteiger partial charge is 0.203 e. The average molecular weight is 221 g/mol. The summed E-state index contributed by atoms with van der Waals surface area (Å²) in [5.41, 5.74) is 0.406. The van der Waals surface area contributed by atoms with E-state index in [9.17, 15) is 0 Å². The summed E-state index contributed by atoms with van der Waals surface area (Å²) in [5, 5.41) is 3.62. The first-order valence-electron chi connectivity index (χ1n) is 6.41. The topological polar surface area (TPSA) is 29.9 Å². The average Bonchev–Trinajstić information content (AvgIpc) is 2.77. The van der Waals surface area contributed by atoms with Crippen molar-refractivity contribution in [3.63, 3.8) is 0 Å². The zero-order valence-corrected chi connectivity index (χ0v) is 10.7. The van der Waals surface area contributed by atoms with Crippen molar-refractivity contribution in [2.75, 3.05) is 5.32 Å². The van der Waals surface area contributed by atoms with Crippen molar-refractivity contribution < 1.29 is 0 Å². The summed E-state index contributed by atoms with van der Waals surface area (Å²) in [7, 11) is 0. The maximum atomic E-state index is 4.42. The minimum absolute atomic E-state index is 0.406. The Balaban J connectivity index is 2.06. The van der Waals surface area contributed by atoms with Gasteiger partial charge in [0.2, 0.25) is 5.95 Å². The third kappa shape index (κ3) is 2.23. The molecular formula is C13H23N3. The highest BCUT2D eigenvalue weighted by Gasteiger charge is 2.34. The van der Waals surface area contributed by atoms with Crippen molar-refractivity contribution in [3.8, 4) is 0 Å². The molecule has 0 spiro atoms. The number of rotatable bonds is 4. The van der Waals surface area contributed by atoms with Crippen molar-refractivity contribution in [2.24, 2.45) is 5.41 Å². The fourth-order valence-electron chi connectivity index (χ4n) is 2.62. The van der Waals surface area contributed by atoms with Gasteiger partial charge in [-0.05, 0) is 24.7 Å². The molecule has 1 aromatic heterocycles. The van der Waals surface area contributed by atoms with Gasteiger partial charge in [-0.15, -0.1) is 0 Å². The van der Waals surface area contributed by atoms with E-state index < -0.39 is 0 Å². The van der Waals surface area contributed by atoms with Gasteiger partial charge in [0.15, 0.2) is 0 Å². The van der Waals surface area contributed by atoms with E-state index in [0.717, 1.165) is 18.9 Å². The van der Waals surface area contributed by atoms with Gasteiger partial charge in [-0.25, -0.2) is 4.98 Å². The van der Waals surface area contributed by atoms with Gasteiger partial charge in [-0.2, -0.15) is 0 Å². The molecule has 16 heavy (non-hydrogen) atoms.